The Hall–Kier alpha value is 0.920. The molecular formula is C12H27O2PS2. The van der Waals surface area contributed by atoms with Gasteiger partial charge >= 0.3 is 0 Å². The van der Waals surface area contributed by atoms with E-state index in [0.29, 0.717) is 30.3 Å². The Labute approximate surface area is 116 Å². The molecule has 0 heterocycles. The van der Waals surface area contributed by atoms with Gasteiger partial charge in [0.2, 0.25) is 5.69 Å². The van der Waals surface area contributed by atoms with E-state index in [0.717, 1.165) is 6.42 Å². The van der Waals surface area contributed by atoms with Crippen LogP contribution in [0.1, 0.15) is 48.0 Å². The normalized spacial score (nSPS) is 14.6. The van der Waals surface area contributed by atoms with Crippen LogP contribution < -0.4 is 0 Å². The first kappa shape index (κ1) is 17.9. The molecule has 0 radical (unpaired) electrons. The maximum Gasteiger partial charge on any atom is 0.247 e. The highest BCUT2D eigenvalue weighted by Crippen LogP contribution is 2.63. The van der Waals surface area contributed by atoms with Crippen molar-refractivity contribution in [3.8, 4) is 0 Å². The van der Waals surface area contributed by atoms with Crippen LogP contribution >= 0.6 is 17.1 Å². The topological polar surface area (TPSA) is 18.5 Å². The molecule has 0 N–H and O–H groups in total. The fourth-order valence-corrected chi connectivity index (χ4v) is 6.81. The summed E-state index contributed by atoms with van der Waals surface area (Å²) in [6.45, 7) is 14.3. The molecule has 104 valence electrons. The zero-order valence-electron chi connectivity index (χ0n) is 11.9. The van der Waals surface area contributed by atoms with Crippen LogP contribution in [0.3, 0.4) is 0 Å². The molecule has 1 atom stereocenters. The lowest BCUT2D eigenvalue weighted by atomic mass is 10.2. The first-order chi connectivity index (χ1) is 7.79. The molecule has 0 aliphatic rings. The summed E-state index contributed by atoms with van der Waals surface area (Å²) in [5.41, 5.74) is -2.15. The van der Waals surface area contributed by atoms with E-state index in [4.69, 9.17) is 20.9 Å². The van der Waals surface area contributed by atoms with Gasteiger partial charge in [-0.05, 0) is 30.1 Å². The predicted molar refractivity (Wildman–Crippen MR) is 83.2 cm³/mol. The SMILES string of the molecule is CCC(C)SP(=S)(OCC(C)C)OCC(C)C. The molecule has 0 fully saturated rings. The molecule has 0 aliphatic carbocycles. The summed E-state index contributed by atoms with van der Waals surface area (Å²) >= 11 is 7.32. The van der Waals surface area contributed by atoms with Gasteiger partial charge in [-0.3, -0.25) is 0 Å². The van der Waals surface area contributed by atoms with Crippen molar-refractivity contribution < 1.29 is 9.05 Å². The van der Waals surface area contributed by atoms with Crippen molar-refractivity contribution in [2.75, 3.05) is 13.2 Å². The lowest BCUT2D eigenvalue weighted by Gasteiger charge is -2.25. The fraction of sp³-hybridized carbons (Fsp3) is 1.00. The van der Waals surface area contributed by atoms with Crippen molar-refractivity contribution in [1.82, 2.24) is 0 Å². The van der Waals surface area contributed by atoms with Crippen LogP contribution in [-0.4, -0.2) is 18.5 Å². The van der Waals surface area contributed by atoms with Crippen molar-refractivity contribution in [3.05, 3.63) is 0 Å². The van der Waals surface area contributed by atoms with Gasteiger partial charge in [0, 0.05) is 5.25 Å². The van der Waals surface area contributed by atoms with Gasteiger partial charge in [-0.1, -0.05) is 52.9 Å². The highest BCUT2D eigenvalue weighted by Gasteiger charge is 2.23. The van der Waals surface area contributed by atoms with Gasteiger partial charge in [-0.25, -0.2) is 0 Å². The van der Waals surface area contributed by atoms with Crippen LogP contribution in [0.2, 0.25) is 0 Å². The summed E-state index contributed by atoms with van der Waals surface area (Å²) < 4.78 is 11.8. The van der Waals surface area contributed by atoms with Gasteiger partial charge in [-0.15, -0.1) is 0 Å². The van der Waals surface area contributed by atoms with Crippen molar-refractivity contribution in [1.29, 1.82) is 0 Å². The van der Waals surface area contributed by atoms with Crippen molar-refractivity contribution in [3.63, 3.8) is 0 Å². The maximum atomic E-state index is 5.88. The minimum absolute atomic E-state index is 0.498. The average Bonchev–Trinajstić information content (AvgIpc) is 2.24. The Balaban J connectivity index is 4.39. The van der Waals surface area contributed by atoms with E-state index in [1.54, 1.807) is 11.4 Å². The van der Waals surface area contributed by atoms with Gasteiger partial charge < -0.3 is 9.05 Å². The summed E-state index contributed by atoms with van der Waals surface area (Å²) in [4.78, 5) is 0. The summed E-state index contributed by atoms with van der Waals surface area (Å²) in [7, 11) is 0. The van der Waals surface area contributed by atoms with E-state index in [2.05, 4.69) is 41.5 Å². The molecule has 0 aromatic carbocycles. The Morgan fingerprint density at radius 3 is 1.71 bits per heavy atom. The predicted octanol–water partition coefficient (Wildman–Crippen LogP) is 5.09. The maximum absolute atomic E-state index is 5.88. The van der Waals surface area contributed by atoms with Gasteiger partial charge in [0.25, 0.3) is 0 Å². The van der Waals surface area contributed by atoms with Crippen LogP contribution in [0, 0.1) is 11.8 Å². The third-order valence-electron chi connectivity index (χ3n) is 2.02. The standard InChI is InChI=1S/C12H27O2PS2/c1-7-12(6)17-15(16,13-8-10(2)3)14-9-11(4)5/h10-12H,7-9H2,1-6H3. The van der Waals surface area contributed by atoms with E-state index < -0.39 is 5.69 Å². The molecule has 0 rings (SSSR count). The van der Waals surface area contributed by atoms with Crippen molar-refractivity contribution in [2.24, 2.45) is 11.8 Å². The number of rotatable bonds is 9. The van der Waals surface area contributed by atoms with Crippen LogP contribution in [0.4, 0.5) is 0 Å². The Kier molecular flexibility index (Phi) is 9.41. The number of hydrogen-bond donors (Lipinski definition) is 0. The quantitative estimate of drug-likeness (QED) is 0.552. The first-order valence-electron chi connectivity index (χ1n) is 6.36. The minimum atomic E-state index is -2.15. The van der Waals surface area contributed by atoms with E-state index in [1.165, 1.54) is 0 Å². The lowest BCUT2D eigenvalue weighted by molar-refractivity contribution is 0.218. The molecule has 0 amide bonds. The molecule has 0 aliphatic heterocycles. The molecule has 0 spiro atoms. The Morgan fingerprint density at radius 1 is 1.00 bits per heavy atom. The molecule has 0 aromatic rings. The van der Waals surface area contributed by atoms with E-state index in [-0.39, 0.29) is 0 Å². The van der Waals surface area contributed by atoms with Crippen LogP contribution in [0.5, 0.6) is 0 Å². The molecule has 2 nitrogen and oxygen atoms in total. The summed E-state index contributed by atoms with van der Waals surface area (Å²) in [5, 5.41) is 0.500. The second kappa shape index (κ2) is 8.92. The van der Waals surface area contributed by atoms with Crippen LogP contribution in [0.15, 0.2) is 0 Å². The molecule has 0 bridgehead atoms. The zero-order valence-corrected chi connectivity index (χ0v) is 14.5. The minimum Gasteiger partial charge on any atom is -0.321 e. The molecule has 0 saturated heterocycles. The second-order valence-corrected chi connectivity index (χ2v) is 11.8. The largest absolute Gasteiger partial charge is 0.321 e. The van der Waals surface area contributed by atoms with Crippen LogP contribution in [-0.2, 0) is 20.9 Å². The summed E-state index contributed by atoms with van der Waals surface area (Å²) in [5.74, 6) is 0.995. The van der Waals surface area contributed by atoms with E-state index >= 15 is 0 Å². The molecule has 0 saturated carbocycles. The van der Waals surface area contributed by atoms with Crippen molar-refractivity contribution >= 4 is 28.9 Å². The molecule has 5 heteroatoms. The first-order valence-corrected chi connectivity index (χ1v) is 10.5. The van der Waals surface area contributed by atoms with Gasteiger partial charge in [-0.2, -0.15) is 0 Å². The summed E-state index contributed by atoms with van der Waals surface area (Å²) in [6, 6.07) is 0. The third-order valence-corrected chi connectivity index (χ3v) is 7.79. The van der Waals surface area contributed by atoms with E-state index in [9.17, 15) is 0 Å². The van der Waals surface area contributed by atoms with Crippen molar-refractivity contribution in [2.45, 2.75) is 53.2 Å². The highest BCUT2D eigenvalue weighted by atomic mass is 32.9. The Morgan fingerprint density at radius 2 is 1.41 bits per heavy atom. The van der Waals surface area contributed by atoms with Gasteiger partial charge in [0.05, 0.1) is 13.2 Å². The molecule has 17 heavy (non-hydrogen) atoms. The second-order valence-electron chi connectivity index (χ2n) is 5.15. The highest BCUT2D eigenvalue weighted by molar-refractivity contribution is 8.68. The molecule has 1 unspecified atom stereocenters. The van der Waals surface area contributed by atoms with Gasteiger partial charge in [0.1, 0.15) is 0 Å². The number of hydrogen-bond acceptors (Lipinski definition) is 4. The Bertz CT molecular complexity index is 229. The van der Waals surface area contributed by atoms with Crippen LogP contribution in [0.25, 0.3) is 0 Å². The average molecular weight is 298 g/mol. The zero-order chi connectivity index (χ0) is 13.5. The monoisotopic (exact) mass is 298 g/mol. The molecular weight excluding hydrogens is 271 g/mol. The smallest absolute Gasteiger partial charge is 0.247 e. The van der Waals surface area contributed by atoms with E-state index in [1.807, 2.05) is 0 Å². The van der Waals surface area contributed by atoms with Gasteiger partial charge in [0.15, 0.2) is 0 Å². The third kappa shape index (κ3) is 9.49. The summed E-state index contributed by atoms with van der Waals surface area (Å²) in [6.07, 6.45) is 1.10. The lowest BCUT2D eigenvalue weighted by Crippen LogP contribution is -2.06. The molecule has 0 aromatic heterocycles. The fourth-order valence-electron chi connectivity index (χ4n) is 0.874.